The van der Waals surface area contributed by atoms with Gasteiger partial charge in [0.15, 0.2) is 5.78 Å². The highest BCUT2D eigenvalue weighted by Gasteiger charge is 2.43. The Balaban J connectivity index is 2.48. The van der Waals surface area contributed by atoms with Crippen molar-refractivity contribution in [2.45, 2.75) is 51.5 Å². The maximum atomic E-state index is 14.3. The molecule has 1 saturated carbocycles. The third kappa shape index (κ3) is 2.51. The monoisotopic (exact) mass is 277 g/mol. The van der Waals surface area contributed by atoms with Gasteiger partial charge in [0.1, 0.15) is 5.82 Å². The van der Waals surface area contributed by atoms with E-state index in [-0.39, 0.29) is 17.2 Å². The van der Waals surface area contributed by atoms with Crippen molar-refractivity contribution in [1.82, 2.24) is 4.90 Å². The van der Waals surface area contributed by atoms with Gasteiger partial charge < -0.3 is 0 Å². The third-order valence-electron chi connectivity index (χ3n) is 4.62. The molecule has 0 bridgehead atoms. The average molecular weight is 277 g/mol. The molecule has 1 aromatic carbocycles. The molecule has 1 aromatic rings. The van der Waals surface area contributed by atoms with Gasteiger partial charge in [0.25, 0.3) is 0 Å². The summed E-state index contributed by atoms with van der Waals surface area (Å²) in [5.74, 6) is -0.420. The predicted octanol–water partition coefficient (Wildman–Crippen LogP) is 3.89. The summed E-state index contributed by atoms with van der Waals surface area (Å²) in [6, 6.07) is 3.36. The second kappa shape index (κ2) is 5.65. The number of hydrogen-bond acceptors (Lipinski definition) is 2. The van der Waals surface area contributed by atoms with E-state index in [4.69, 9.17) is 0 Å². The van der Waals surface area contributed by atoms with Gasteiger partial charge in [-0.25, -0.2) is 4.39 Å². The first-order chi connectivity index (χ1) is 9.38. The van der Waals surface area contributed by atoms with Crippen molar-refractivity contribution in [3.05, 3.63) is 34.6 Å². The van der Waals surface area contributed by atoms with Gasteiger partial charge in [-0.3, -0.25) is 9.69 Å². The second-order valence-electron chi connectivity index (χ2n) is 6.25. The Kier molecular flexibility index (Phi) is 4.28. The van der Waals surface area contributed by atoms with Crippen molar-refractivity contribution in [3.63, 3.8) is 0 Å². The molecule has 0 atom stereocenters. The molecule has 2 rings (SSSR count). The summed E-state index contributed by atoms with van der Waals surface area (Å²) in [7, 11) is 3.87. The van der Waals surface area contributed by atoms with Crippen molar-refractivity contribution in [1.29, 1.82) is 0 Å². The normalized spacial score (nSPS) is 18.3. The quantitative estimate of drug-likeness (QED) is 0.781. The number of ketones is 1. The zero-order valence-electron chi connectivity index (χ0n) is 12.9. The predicted molar refractivity (Wildman–Crippen MR) is 79.7 cm³/mol. The smallest absolute Gasteiger partial charge is 0.186 e. The summed E-state index contributed by atoms with van der Waals surface area (Å²) in [6.45, 7) is 3.68. The molecular formula is C17H24FNO. The van der Waals surface area contributed by atoms with E-state index in [2.05, 4.69) is 0 Å². The number of carbonyl (C=O) groups excluding carboxylic acids is 1. The van der Waals surface area contributed by atoms with E-state index in [1.165, 1.54) is 6.07 Å². The number of likely N-dealkylation sites (N-methyl/N-ethyl adjacent to an activating group) is 1. The highest BCUT2D eigenvalue weighted by Crippen LogP contribution is 2.36. The maximum Gasteiger partial charge on any atom is 0.186 e. The molecular weight excluding hydrogens is 253 g/mol. The lowest BCUT2D eigenvalue weighted by atomic mass is 9.74. The Hall–Kier alpha value is -1.22. The number of nitrogens with zero attached hydrogens (tertiary/aromatic N) is 1. The lowest BCUT2D eigenvalue weighted by Crippen LogP contribution is -2.52. The molecule has 1 aliphatic carbocycles. The summed E-state index contributed by atoms with van der Waals surface area (Å²) >= 11 is 0. The third-order valence-corrected chi connectivity index (χ3v) is 4.62. The number of benzene rings is 1. The average Bonchev–Trinajstić information content (AvgIpc) is 2.37. The number of carbonyl (C=O) groups is 1. The molecule has 0 aliphatic heterocycles. The highest BCUT2D eigenvalue weighted by atomic mass is 19.1. The zero-order valence-corrected chi connectivity index (χ0v) is 12.9. The fourth-order valence-electron chi connectivity index (χ4n) is 3.45. The summed E-state index contributed by atoms with van der Waals surface area (Å²) < 4.78 is 14.3. The number of Topliss-reactive ketones (excluding diaryl/α,β-unsaturated/α-hetero) is 1. The molecule has 3 heteroatoms. The summed E-state index contributed by atoms with van der Waals surface area (Å²) in [5, 5.41) is 0. The Labute approximate surface area is 121 Å². The highest BCUT2D eigenvalue weighted by molar-refractivity contribution is 6.04. The zero-order chi connectivity index (χ0) is 14.9. The molecule has 0 saturated heterocycles. The first-order valence-corrected chi connectivity index (χ1v) is 7.37. The fourth-order valence-corrected chi connectivity index (χ4v) is 3.45. The van der Waals surface area contributed by atoms with Gasteiger partial charge in [-0.2, -0.15) is 0 Å². The van der Waals surface area contributed by atoms with Gasteiger partial charge in [0.05, 0.1) is 11.1 Å². The van der Waals surface area contributed by atoms with Crippen LogP contribution in [0.4, 0.5) is 4.39 Å². The molecule has 2 nitrogen and oxygen atoms in total. The molecule has 1 aliphatic rings. The lowest BCUT2D eigenvalue weighted by Gasteiger charge is -2.41. The van der Waals surface area contributed by atoms with Crippen LogP contribution in [0.25, 0.3) is 0 Å². The first-order valence-electron chi connectivity index (χ1n) is 7.37. The van der Waals surface area contributed by atoms with Gasteiger partial charge in [-0.05, 0) is 58.0 Å². The Morgan fingerprint density at radius 1 is 1.15 bits per heavy atom. The second-order valence-corrected chi connectivity index (χ2v) is 6.25. The van der Waals surface area contributed by atoms with Gasteiger partial charge in [-0.15, -0.1) is 0 Å². The van der Waals surface area contributed by atoms with Crippen molar-refractivity contribution < 1.29 is 9.18 Å². The van der Waals surface area contributed by atoms with Gasteiger partial charge in [0.2, 0.25) is 0 Å². The topological polar surface area (TPSA) is 20.3 Å². The number of rotatable bonds is 3. The lowest BCUT2D eigenvalue weighted by molar-refractivity contribution is 0.0559. The molecule has 0 spiro atoms. The molecule has 0 N–H and O–H groups in total. The van der Waals surface area contributed by atoms with Gasteiger partial charge in [-0.1, -0.05) is 25.3 Å². The molecule has 20 heavy (non-hydrogen) atoms. The maximum absolute atomic E-state index is 14.3. The number of aryl methyl sites for hydroxylation is 2. The molecule has 0 heterocycles. The van der Waals surface area contributed by atoms with Crippen LogP contribution in [0.2, 0.25) is 0 Å². The minimum atomic E-state index is -0.529. The first kappa shape index (κ1) is 15.2. The minimum absolute atomic E-state index is 0.0443. The van der Waals surface area contributed by atoms with Crippen molar-refractivity contribution >= 4 is 5.78 Å². The van der Waals surface area contributed by atoms with Crippen LogP contribution in [-0.2, 0) is 0 Å². The summed E-state index contributed by atoms with van der Waals surface area (Å²) in [4.78, 5) is 15.0. The van der Waals surface area contributed by atoms with Crippen LogP contribution >= 0.6 is 0 Å². The van der Waals surface area contributed by atoms with Gasteiger partial charge in [0, 0.05) is 0 Å². The standard InChI is InChI=1S/C17H24FNO/c1-12-10-13(2)15(14(18)11-12)16(20)17(19(3)4)8-6-5-7-9-17/h10-11H,5-9H2,1-4H3. The van der Waals surface area contributed by atoms with Crippen LogP contribution in [0.5, 0.6) is 0 Å². The molecule has 110 valence electrons. The summed E-state index contributed by atoms with van der Waals surface area (Å²) in [6.07, 6.45) is 4.89. The van der Waals surface area contributed by atoms with Crippen molar-refractivity contribution in [2.24, 2.45) is 0 Å². The van der Waals surface area contributed by atoms with Crippen molar-refractivity contribution in [3.8, 4) is 0 Å². The SMILES string of the molecule is Cc1cc(C)c(C(=O)C2(N(C)C)CCCCC2)c(F)c1. The van der Waals surface area contributed by atoms with Crippen LogP contribution in [-0.4, -0.2) is 30.3 Å². The molecule has 1 fully saturated rings. The minimum Gasteiger partial charge on any atom is -0.297 e. The fraction of sp³-hybridized carbons (Fsp3) is 0.588. The van der Waals surface area contributed by atoms with Crippen LogP contribution in [0.3, 0.4) is 0 Å². The number of halogens is 1. The van der Waals surface area contributed by atoms with E-state index in [0.717, 1.165) is 43.2 Å². The van der Waals surface area contributed by atoms with E-state index in [1.54, 1.807) is 0 Å². The molecule has 0 amide bonds. The van der Waals surface area contributed by atoms with E-state index >= 15 is 0 Å². The van der Waals surface area contributed by atoms with Gasteiger partial charge >= 0.3 is 0 Å². The largest absolute Gasteiger partial charge is 0.297 e. The van der Waals surface area contributed by atoms with E-state index in [1.807, 2.05) is 38.9 Å². The Morgan fingerprint density at radius 2 is 1.75 bits per heavy atom. The molecule has 0 unspecified atom stereocenters. The number of hydrogen-bond donors (Lipinski definition) is 0. The molecule has 0 aromatic heterocycles. The van der Waals surface area contributed by atoms with E-state index in [9.17, 15) is 9.18 Å². The van der Waals surface area contributed by atoms with E-state index in [0.29, 0.717) is 0 Å². The van der Waals surface area contributed by atoms with Crippen LogP contribution in [0, 0.1) is 19.7 Å². The van der Waals surface area contributed by atoms with E-state index < -0.39 is 5.54 Å². The van der Waals surface area contributed by atoms with Crippen LogP contribution in [0.15, 0.2) is 12.1 Å². The van der Waals surface area contributed by atoms with Crippen LogP contribution in [0.1, 0.15) is 53.6 Å². The summed E-state index contributed by atoms with van der Waals surface area (Å²) in [5.41, 5.74) is 1.36. The Morgan fingerprint density at radius 3 is 2.25 bits per heavy atom. The Bertz CT molecular complexity index is 493. The van der Waals surface area contributed by atoms with Crippen molar-refractivity contribution in [2.75, 3.05) is 14.1 Å². The molecule has 0 radical (unpaired) electrons. The van der Waals surface area contributed by atoms with Crippen LogP contribution < -0.4 is 0 Å².